The fraction of sp³-hybridized carbons (Fsp3) is 0.522. The van der Waals surface area contributed by atoms with Crippen LogP contribution in [0.25, 0.3) is 0 Å². The molecule has 4 nitrogen and oxygen atoms in total. The minimum Gasteiger partial charge on any atom is -0.497 e. The highest BCUT2D eigenvalue weighted by Crippen LogP contribution is 2.29. The van der Waals surface area contributed by atoms with Crippen LogP contribution in [0.15, 0.2) is 48.7 Å². The number of aryl methyl sites for hydroxylation is 1. The SMILES string of the molecule is COc1ccnc(CN2C[C@H]3CC[C@@H]2CN(CCCc2ccccc2)C3)c1. The molecular weight excluding hydrogens is 334 g/mol. The van der Waals surface area contributed by atoms with Crippen molar-refractivity contribution < 1.29 is 4.74 Å². The quantitative estimate of drug-likeness (QED) is 0.749. The summed E-state index contributed by atoms with van der Waals surface area (Å²) >= 11 is 0. The molecule has 4 heteroatoms. The second-order valence-corrected chi connectivity index (χ2v) is 8.06. The number of rotatable bonds is 7. The molecule has 3 aliphatic heterocycles. The van der Waals surface area contributed by atoms with Crippen molar-refractivity contribution >= 4 is 0 Å². The number of hydrogen-bond acceptors (Lipinski definition) is 4. The van der Waals surface area contributed by atoms with E-state index in [1.807, 2.05) is 12.3 Å². The lowest BCUT2D eigenvalue weighted by Crippen LogP contribution is -2.43. The van der Waals surface area contributed by atoms with Crippen LogP contribution in [0.1, 0.15) is 30.5 Å². The van der Waals surface area contributed by atoms with Crippen molar-refractivity contribution in [1.29, 1.82) is 0 Å². The van der Waals surface area contributed by atoms with Crippen molar-refractivity contribution in [3.05, 3.63) is 59.9 Å². The lowest BCUT2D eigenvalue weighted by atomic mass is 9.95. The van der Waals surface area contributed by atoms with Crippen LogP contribution in [0.2, 0.25) is 0 Å². The predicted molar refractivity (Wildman–Crippen MR) is 109 cm³/mol. The van der Waals surface area contributed by atoms with E-state index in [1.54, 1.807) is 7.11 Å². The van der Waals surface area contributed by atoms with Crippen molar-refractivity contribution in [2.75, 3.05) is 33.3 Å². The van der Waals surface area contributed by atoms with Gasteiger partial charge >= 0.3 is 0 Å². The van der Waals surface area contributed by atoms with E-state index in [0.29, 0.717) is 6.04 Å². The van der Waals surface area contributed by atoms with Gasteiger partial charge in [-0.3, -0.25) is 9.88 Å². The summed E-state index contributed by atoms with van der Waals surface area (Å²) in [4.78, 5) is 9.93. The van der Waals surface area contributed by atoms with Gasteiger partial charge in [0, 0.05) is 44.5 Å². The summed E-state index contributed by atoms with van der Waals surface area (Å²) in [7, 11) is 1.72. The summed E-state index contributed by atoms with van der Waals surface area (Å²) in [5, 5.41) is 0. The number of hydrogen-bond donors (Lipinski definition) is 0. The average Bonchev–Trinajstić information content (AvgIpc) is 3.00. The number of pyridine rings is 1. The van der Waals surface area contributed by atoms with Gasteiger partial charge in [-0.05, 0) is 49.8 Å². The van der Waals surface area contributed by atoms with E-state index in [1.165, 1.54) is 57.4 Å². The minimum atomic E-state index is 0.661. The molecule has 4 heterocycles. The molecule has 144 valence electrons. The van der Waals surface area contributed by atoms with Gasteiger partial charge in [-0.2, -0.15) is 0 Å². The van der Waals surface area contributed by atoms with Crippen LogP contribution in [0, 0.1) is 5.92 Å². The van der Waals surface area contributed by atoms with Gasteiger partial charge in [0.2, 0.25) is 0 Å². The summed E-state index contributed by atoms with van der Waals surface area (Å²) in [6, 6.07) is 15.5. The van der Waals surface area contributed by atoms with E-state index in [9.17, 15) is 0 Å². The highest BCUT2D eigenvalue weighted by Gasteiger charge is 2.34. The van der Waals surface area contributed by atoms with Crippen LogP contribution in [0.3, 0.4) is 0 Å². The third kappa shape index (κ3) is 4.88. The van der Waals surface area contributed by atoms with E-state index in [2.05, 4.69) is 51.2 Å². The molecule has 0 amide bonds. The van der Waals surface area contributed by atoms with Crippen LogP contribution in [0.5, 0.6) is 5.75 Å². The Hall–Kier alpha value is -1.91. The third-order valence-corrected chi connectivity index (χ3v) is 6.07. The summed E-state index contributed by atoms with van der Waals surface area (Å²) in [5.74, 6) is 1.70. The fourth-order valence-corrected chi connectivity index (χ4v) is 4.68. The summed E-state index contributed by atoms with van der Waals surface area (Å²) < 4.78 is 5.36. The van der Waals surface area contributed by atoms with Crippen LogP contribution in [0.4, 0.5) is 0 Å². The van der Waals surface area contributed by atoms with Crippen LogP contribution in [-0.2, 0) is 13.0 Å². The van der Waals surface area contributed by atoms with Gasteiger partial charge in [0.1, 0.15) is 5.75 Å². The third-order valence-electron chi connectivity index (χ3n) is 6.07. The zero-order chi connectivity index (χ0) is 18.5. The van der Waals surface area contributed by atoms with Gasteiger partial charge in [-0.1, -0.05) is 30.3 Å². The molecule has 0 spiro atoms. The number of ether oxygens (including phenoxy) is 1. The van der Waals surface area contributed by atoms with Gasteiger partial charge in [0.05, 0.1) is 12.8 Å². The van der Waals surface area contributed by atoms with Gasteiger partial charge < -0.3 is 9.64 Å². The zero-order valence-corrected chi connectivity index (χ0v) is 16.4. The Kier molecular flexibility index (Phi) is 6.05. The Morgan fingerprint density at radius 1 is 1.07 bits per heavy atom. The number of aromatic nitrogens is 1. The molecular formula is C23H31N3O. The van der Waals surface area contributed by atoms with Crippen molar-refractivity contribution in [2.45, 2.75) is 38.3 Å². The Balaban J connectivity index is 1.33. The molecule has 5 rings (SSSR count). The smallest absolute Gasteiger partial charge is 0.122 e. The first kappa shape index (κ1) is 18.5. The molecule has 0 radical (unpaired) electrons. The largest absolute Gasteiger partial charge is 0.497 e. The topological polar surface area (TPSA) is 28.6 Å². The maximum atomic E-state index is 5.36. The van der Waals surface area contributed by atoms with Gasteiger partial charge in [0.25, 0.3) is 0 Å². The number of methoxy groups -OCH3 is 1. The second-order valence-electron chi connectivity index (χ2n) is 8.06. The molecule has 27 heavy (non-hydrogen) atoms. The van der Waals surface area contributed by atoms with E-state index in [4.69, 9.17) is 4.74 Å². The standard InChI is InChI=1S/C23H31N3O/c1-27-23-11-12-24-21(14-23)17-26-16-20-9-10-22(26)18-25(15-20)13-5-8-19-6-3-2-4-7-19/h2-4,6-7,11-12,14,20,22H,5,8-10,13,15-18H2,1H3/t20-,22+/m0/s1. The summed E-state index contributed by atoms with van der Waals surface area (Å²) in [6.07, 6.45) is 7.00. The highest BCUT2D eigenvalue weighted by molar-refractivity contribution is 5.22. The first-order valence-corrected chi connectivity index (χ1v) is 10.3. The second kappa shape index (κ2) is 8.85. The summed E-state index contributed by atoms with van der Waals surface area (Å²) in [5.41, 5.74) is 2.58. The lowest BCUT2D eigenvalue weighted by Gasteiger charge is -2.36. The maximum absolute atomic E-state index is 5.36. The molecule has 3 fully saturated rings. The maximum Gasteiger partial charge on any atom is 0.122 e. The predicted octanol–water partition coefficient (Wildman–Crippen LogP) is 3.62. The van der Waals surface area contributed by atoms with Crippen molar-refractivity contribution in [1.82, 2.24) is 14.8 Å². The first-order chi connectivity index (χ1) is 13.3. The normalized spacial score (nSPS) is 23.3. The first-order valence-electron chi connectivity index (χ1n) is 10.3. The van der Waals surface area contributed by atoms with Gasteiger partial charge in [-0.15, -0.1) is 0 Å². The number of piperidine rings is 1. The summed E-state index contributed by atoms with van der Waals surface area (Å²) in [6.45, 7) is 5.82. The van der Waals surface area contributed by atoms with Crippen LogP contribution < -0.4 is 4.74 Å². The Morgan fingerprint density at radius 3 is 2.81 bits per heavy atom. The van der Waals surface area contributed by atoms with Gasteiger partial charge in [-0.25, -0.2) is 0 Å². The fourth-order valence-electron chi connectivity index (χ4n) is 4.68. The molecule has 0 N–H and O–H groups in total. The molecule has 2 atom stereocenters. The highest BCUT2D eigenvalue weighted by atomic mass is 16.5. The van der Waals surface area contributed by atoms with Crippen molar-refractivity contribution in [3.8, 4) is 5.75 Å². The Labute approximate surface area is 163 Å². The number of nitrogens with zero attached hydrogens (tertiary/aromatic N) is 3. The van der Waals surface area contributed by atoms with E-state index < -0.39 is 0 Å². The average molecular weight is 366 g/mol. The molecule has 0 unspecified atom stereocenters. The van der Waals surface area contributed by atoms with E-state index >= 15 is 0 Å². The molecule has 3 saturated heterocycles. The zero-order valence-electron chi connectivity index (χ0n) is 16.4. The molecule has 2 bridgehead atoms. The van der Waals surface area contributed by atoms with Crippen LogP contribution >= 0.6 is 0 Å². The molecule has 1 aromatic carbocycles. The molecule has 3 aliphatic rings. The molecule has 2 aromatic rings. The van der Waals surface area contributed by atoms with Crippen LogP contribution in [-0.4, -0.2) is 54.1 Å². The van der Waals surface area contributed by atoms with E-state index in [-0.39, 0.29) is 0 Å². The van der Waals surface area contributed by atoms with Gasteiger partial charge in [0.15, 0.2) is 0 Å². The minimum absolute atomic E-state index is 0.661. The monoisotopic (exact) mass is 365 g/mol. The Bertz CT molecular complexity index is 721. The molecule has 0 saturated carbocycles. The van der Waals surface area contributed by atoms with E-state index in [0.717, 1.165) is 23.9 Å². The lowest BCUT2D eigenvalue weighted by molar-refractivity contribution is 0.121. The number of benzene rings is 1. The Morgan fingerprint density at radius 2 is 1.96 bits per heavy atom. The molecule has 0 aliphatic carbocycles. The van der Waals surface area contributed by atoms with Crippen molar-refractivity contribution in [3.63, 3.8) is 0 Å². The molecule has 1 aromatic heterocycles. The number of fused-ring (bicyclic) bond motifs is 4. The van der Waals surface area contributed by atoms with Crippen molar-refractivity contribution in [2.24, 2.45) is 5.92 Å².